The molecular formula is C25H28FN3O4. The monoisotopic (exact) mass is 453 g/mol. The van der Waals surface area contributed by atoms with Crippen molar-refractivity contribution in [2.24, 2.45) is 0 Å². The molecule has 1 fully saturated rings. The molecule has 0 saturated carbocycles. The average molecular weight is 454 g/mol. The molecule has 2 heterocycles. The molecule has 0 aliphatic carbocycles. The standard InChI is InChI=1S/C25H28FN3O4/c1-17(30)33-16-25(12-14-27-15-13-25)24-22(26)23(18-4-8-20(31-2)9-5-18)29(28-24)19-6-10-21(32-3)11-7-19/h4-11,27H,12-16H2,1-3H3. The van der Waals surface area contributed by atoms with E-state index in [1.807, 2.05) is 36.4 Å². The Morgan fingerprint density at radius 1 is 1.03 bits per heavy atom. The average Bonchev–Trinajstić information content (AvgIpc) is 3.21. The Morgan fingerprint density at radius 2 is 1.61 bits per heavy atom. The normalized spacial score (nSPS) is 15.2. The predicted molar refractivity (Wildman–Crippen MR) is 122 cm³/mol. The molecule has 33 heavy (non-hydrogen) atoms. The summed E-state index contributed by atoms with van der Waals surface area (Å²) in [4.78, 5) is 11.6. The first kappa shape index (κ1) is 22.8. The van der Waals surface area contributed by atoms with Crippen LogP contribution in [0.2, 0.25) is 0 Å². The Morgan fingerprint density at radius 3 is 2.15 bits per heavy atom. The molecule has 174 valence electrons. The summed E-state index contributed by atoms with van der Waals surface area (Å²) in [5.41, 5.74) is 1.31. The first-order valence-corrected chi connectivity index (χ1v) is 10.9. The molecule has 0 atom stereocenters. The van der Waals surface area contributed by atoms with Crippen LogP contribution < -0.4 is 14.8 Å². The van der Waals surface area contributed by atoms with Crippen molar-refractivity contribution in [3.05, 3.63) is 60.0 Å². The van der Waals surface area contributed by atoms with Gasteiger partial charge in [0.1, 0.15) is 29.5 Å². The molecule has 4 rings (SSSR count). The summed E-state index contributed by atoms with van der Waals surface area (Å²) in [7, 11) is 3.19. The molecule has 1 aromatic heterocycles. The van der Waals surface area contributed by atoms with Gasteiger partial charge in [-0.15, -0.1) is 0 Å². The number of hydrogen-bond acceptors (Lipinski definition) is 6. The van der Waals surface area contributed by atoms with Crippen LogP contribution >= 0.6 is 0 Å². The molecule has 3 aromatic rings. The number of piperidine rings is 1. The SMILES string of the molecule is COc1ccc(-c2c(F)c(C3(COC(C)=O)CCNCC3)nn2-c2ccc(OC)cc2)cc1. The molecule has 0 amide bonds. The molecule has 1 N–H and O–H groups in total. The zero-order valence-electron chi connectivity index (χ0n) is 19.1. The summed E-state index contributed by atoms with van der Waals surface area (Å²) >= 11 is 0. The van der Waals surface area contributed by atoms with Crippen molar-refractivity contribution in [1.29, 1.82) is 0 Å². The number of methoxy groups -OCH3 is 2. The lowest BCUT2D eigenvalue weighted by atomic mass is 9.76. The number of esters is 1. The van der Waals surface area contributed by atoms with Gasteiger partial charge in [-0.1, -0.05) is 0 Å². The lowest BCUT2D eigenvalue weighted by Gasteiger charge is -2.35. The van der Waals surface area contributed by atoms with Crippen LogP contribution in [0.25, 0.3) is 16.9 Å². The van der Waals surface area contributed by atoms with Crippen LogP contribution in [0.1, 0.15) is 25.5 Å². The molecule has 1 aliphatic heterocycles. The molecule has 8 heteroatoms. The number of rotatable bonds is 7. The third kappa shape index (κ3) is 4.57. The van der Waals surface area contributed by atoms with Gasteiger partial charge in [-0.25, -0.2) is 9.07 Å². The van der Waals surface area contributed by atoms with Gasteiger partial charge >= 0.3 is 5.97 Å². The maximum atomic E-state index is 16.2. The number of halogens is 1. The van der Waals surface area contributed by atoms with Crippen molar-refractivity contribution in [1.82, 2.24) is 15.1 Å². The van der Waals surface area contributed by atoms with Crippen molar-refractivity contribution in [2.75, 3.05) is 33.9 Å². The van der Waals surface area contributed by atoms with Gasteiger partial charge < -0.3 is 19.5 Å². The summed E-state index contributed by atoms with van der Waals surface area (Å²) in [5, 5.41) is 8.08. The number of carbonyl (C=O) groups is 1. The Labute approximate surface area is 192 Å². The second-order valence-corrected chi connectivity index (χ2v) is 8.16. The minimum atomic E-state index is -0.708. The molecule has 1 aliphatic rings. The van der Waals surface area contributed by atoms with Gasteiger partial charge in [0.2, 0.25) is 0 Å². The largest absolute Gasteiger partial charge is 0.497 e. The summed E-state index contributed by atoms with van der Waals surface area (Å²) in [6.45, 7) is 2.83. The summed E-state index contributed by atoms with van der Waals surface area (Å²) in [6, 6.07) is 14.5. The van der Waals surface area contributed by atoms with Crippen LogP contribution in [0.5, 0.6) is 11.5 Å². The second-order valence-electron chi connectivity index (χ2n) is 8.16. The minimum Gasteiger partial charge on any atom is -0.497 e. The van der Waals surface area contributed by atoms with Crippen molar-refractivity contribution in [3.8, 4) is 28.4 Å². The number of nitrogens with one attached hydrogen (secondary N) is 1. The van der Waals surface area contributed by atoms with E-state index < -0.39 is 17.2 Å². The van der Waals surface area contributed by atoms with Gasteiger partial charge in [0.05, 0.1) is 25.3 Å². The van der Waals surface area contributed by atoms with E-state index >= 15 is 4.39 Å². The van der Waals surface area contributed by atoms with Crippen LogP contribution in [0.4, 0.5) is 4.39 Å². The van der Waals surface area contributed by atoms with E-state index in [1.54, 1.807) is 31.0 Å². The van der Waals surface area contributed by atoms with Crippen LogP contribution in [0.3, 0.4) is 0 Å². The first-order valence-electron chi connectivity index (χ1n) is 10.9. The van der Waals surface area contributed by atoms with Crippen molar-refractivity contribution < 1.29 is 23.4 Å². The highest BCUT2D eigenvalue weighted by Crippen LogP contribution is 2.39. The molecule has 0 unspecified atom stereocenters. The topological polar surface area (TPSA) is 74.6 Å². The van der Waals surface area contributed by atoms with E-state index in [-0.39, 0.29) is 6.61 Å². The zero-order chi connectivity index (χ0) is 23.4. The van der Waals surface area contributed by atoms with E-state index in [0.717, 1.165) is 0 Å². The van der Waals surface area contributed by atoms with E-state index in [9.17, 15) is 4.79 Å². The van der Waals surface area contributed by atoms with Crippen LogP contribution in [0.15, 0.2) is 48.5 Å². The van der Waals surface area contributed by atoms with Crippen molar-refractivity contribution >= 4 is 5.97 Å². The van der Waals surface area contributed by atoms with Crippen LogP contribution in [0, 0.1) is 5.82 Å². The van der Waals surface area contributed by atoms with Crippen molar-refractivity contribution in [3.63, 3.8) is 0 Å². The third-order valence-corrected chi connectivity index (χ3v) is 6.12. The smallest absolute Gasteiger partial charge is 0.302 e. The van der Waals surface area contributed by atoms with Gasteiger partial charge in [0, 0.05) is 12.5 Å². The quantitative estimate of drug-likeness (QED) is 0.548. The molecular weight excluding hydrogens is 425 g/mol. The first-order chi connectivity index (χ1) is 16.0. The number of hydrogen-bond donors (Lipinski definition) is 1. The second kappa shape index (κ2) is 9.62. The minimum absolute atomic E-state index is 0.0859. The maximum Gasteiger partial charge on any atom is 0.302 e. The number of benzene rings is 2. The third-order valence-electron chi connectivity index (χ3n) is 6.12. The maximum absolute atomic E-state index is 16.2. The fraction of sp³-hybridized carbons (Fsp3) is 0.360. The summed E-state index contributed by atoms with van der Waals surface area (Å²) in [5.74, 6) is 0.574. The lowest BCUT2D eigenvalue weighted by Crippen LogP contribution is -2.44. The fourth-order valence-electron chi connectivity index (χ4n) is 4.24. The Kier molecular flexibility index (Phi) is 6.65. The molecule has 1 saturated heterocycles. The number of ether oxygens (including phenoxy) is 3. The fourth-order valence-corrected chi connectivity index (χ4v) is 4.24. The molecule has 0 bridgehead atoms. The van der Waals surface area contributed by atoms with E-state index in [1.165, 1.54) is 6.92 Å². The predicted octanol–water partition coefficient (Wildman–Crippen LogP) is 3.88. The van der Waals surface area contributed by atoms with Gasteiger partial charge in [-0.05, 0) is 74.5 Å². The Balaban J connectivity index is 1.88. The van der Waals surface area contributed by atoms with Gasteiger partial charge in [-0.2, -0.15) is 5.10 Å². The summed E-state index contributed by atoms with van der Waals surface area (Å²) in [6.07, 6.45) is 1.22. The van der Waals surface area contributed by atoms with Crippen molar-refractivity contribution in [2.45, 2.75) is 25.2 Å². The lowest BCUT2D eigenvalue weighted by molar-refractivity contribution is -0.143. The summed E-state index contributed by atoms with van der Waals surface area (Å²) < 4.78 is 33.8. The van der Waals surface area contributed by atoms with Gasteiger partial charge in [0.15, 0.2) is 5.82 Å². The van der Waals surface area contributed by atoms with Gasteiger partial charge in [0.25, 0.3) is 0 Å². The zero-order valence-corrected chi connectivity index (χ0v) is 19.1. The molecule has 7 nitrogen and oxygen atoms in total. The molecule has 2 aromatic carbocycles. The number of aromatic nitrogens is 2. The highest BCUT2D eigenvalue weighted by Gasteiger charge is 2.41. The molecule has 0 spiro atoms. The van der Waals surface area contributed by atoms with E-state index in [2.05, 4.69) is 5.32 Å². The molecule has 0 radical (unpaired) electrons. The highest BCUT2D eigenvalue weighted by atomic mass is 19.1. The van der Waals surface area contributed by atoms with Crippen LogP contribution in [-0.4, -0.2) is 49.7 Å². The highest BCUT2D eigenvalue weighted by molar-refractivity contribution is 5.67. The van der Waals surface area contributed by atoms with Gasteiger partial charge in [-0.3, -0.25) is 4.79 Å². The number of nitrogens with zero attached hydrogens (tertiary/aromatic N) is 2. The van der Waals surface area contributed by atoms with E-state index in [4.69, 9.17) is 19.3 Å². The Bertz CT molecular complexity index is 1100. The Hall–Kier alpha value is -3.39. The van der Waals surface area contributed by atoms with E-state index in [0.29, 0.717) is 60.1 Å². The number of carbonyl (C=O) groups excluding carboxylic acids is 1. The van der Waals surface area contributed by atoms with Crippen LogP contribution in [-0.2, 0) is 14.9 Å².